The van der Waals surface area contributed by atoms with Crippen LogP contribution in [0.25, 0.3) is 4.85 Å². The van der Waals surface area contributed by atoms with Crippen molar-refractivity contribution in [2.45, 2.75) is 30.7 Å². The van der Waals surface area contributed by atoms with Crippen LogP contribution in [-0.2, 0) is 0 Å². The van der Waals surface area contributed by atoms with Crippen molar-refractivity contribution in [2.75, 3.05) is 11.9 Å². The van der Waals surface area contributed by atoms with E-state index in [9.17, 15) is 0 Å². The highest BCUT2D eigenvalue weighted by Gasteiger charge is 2.22. The summed E-state index contributed by atoms with van der Waals surface area (Å²) in [4.78, 5) is 9.14. The molecule has 0 aliphatic carbocycles. The van der Waals surface area contributed by atoms with Crippen LogP contribution in [0.15, 0.2) is 28.1 Å². The first-order valence-corrected chi connectivity index (χ1v) is 7.56. The summed E-state index contributed by atoms with van der Waals surface area (Å²) >= 11 is 1.61. The smallest absolute Gasteiger partial charge is 0.249 e. The van der Waals surface area contributed by atoms with Gasteiger partial charge in [0, 0.05) is 4.90 Å². The van der Waals surface area contributed by atoms with E-state index < -0.39 is 0 Å². The molecule has 1 aliphatic heterocycles. The maximum absolute atomic E-state index is 7.27. The number of rotatable bonds is 2. The van der Waals surface area contributed by atoms with E-state index in [0.29, 0.717) is 18.2 Å². The van der Waals surface area contributed by atoms with Crippen molar-refractivity contribution < 1.29 is 4.74 Å². The third kappa shape index (κ3) is 2.32. The van der Waals surface area contributed by atoms with Crippen molar-refractivity contribution >= 4 is 28.8 Å². The van der Waals surface area contributed by atoms with E-state index in [-0.39, 0.29) is 0 Å². The Morgan fingerprint density at radius 2 is 2.19 bits per heavy atom. The number of aryl methyl sites for hydroxylation is 1. The number of benzene rings is 1. The van der Waals surface area contributed by atoms with Gasteiger partial charge in [0.2, 0.25) is 11.6 Å². The highest BCUT2D eigenvalue weighted by atomic mass is 32.2. The Kier molecular flexibility index (Phi) is 3.48. The van der Waals surface area contributed by atoms with Gasteiger partial charge in [0.05, 0.1) is 24.6 Å². The topological polar surface area (TPSA) is 38.5 Å². The third-order valence-electron chi connectivity index (χ3n) is 3.50. The Bertz CT molecular complexity index is 765. The molecule has 0 unspecified atom stereocenters. The van der Waals surface area contributed by atoms with Crippen molar-refractivity contribution in [1.82, 2.24) is 4.98 Å². The largest absolute Gasteiger partial charge is 0.487 e. The number of nitrogens with one attached hydrogen (secondary N) is 1. The van der Waals surface area contributed by atoms with E-state index in [1.54, 1.807) is 11.8 Å². The number of ether oxygens (including phenoxy) is 1. The Balaban J connectivity index is 2.09. The van der Waals surface area contributed by atoms with E-state index in [4.69, 9.17) is 11.3 Å². The molecular weight excluding hydrogens is 282 g/mol. The minimum absolute atomic E-state index is 0.410. The summed E-state index contributed by atoms with van der Waals surface area (Å²) in [5, 5.41) is 4.26. The quantitative estimate of drug-likeness (QED) is 0.686. The van der Waals surface area contributed by atoms with Crippen LogP contribution in [0.3, 0.4) is 0 Å². The molecule has 0 saturated heterocycles. The lowest BCUT2D eigenvalue weighted by Gasteiger charge is -2.23. The molecule has 0 radical (unpaired) electrons. The predicted molar refractivity (Wildman–Crippen MR) is 85.0 cm³/mol. The molecule has 106 valence electrons. The fourth-order valence-corrected chi connectivity index (χ4v) is 3.23. The maximum Gasteiger partial charge on any atom is 0.249 e. The molecule has 0 fully saturated rings. The highest BCUT2D eigenvalue weighted by Crippen LogP contribution is 2.47. The van der Waals surface area contributed by atoms with Crippen LogP contribution >= 0.6 is 11.8 Å². The highest BCUT2D eigenvalue weighted by molar-refractivity contribution is 7.99. The molecule has 0 amide bonds. The number of pyridine rings is 1. The van der Waals surface area contributed by atoms with E-state index in [0.717, 1.165) is 21.3 Å². The summed E-state index contributed by atoms with van der Waals surface area (Å²) < 4.78 is 5.46. The van der Waals surface area contributed by atoms with E-state index in [2.05, 4.69) is 41.1 Å². The molecule has 5 heteroatoms. The van der Waals surface area contributed by atoms with Gasteiger partial charge in [0.15, 0.2) is 0 Å². The zero-order valence-electron chi connectivity index (χ0n) is 12.2. The molecule has 4 nitrogen and oxygen atoms in total. The van der Waals surface area contributed by atoms with E-state index >= 15 is 0 Å². The lowest BCUT2D eigenvalue weighted by Crippen LogP contribution is -2.05. The van der Waals surface area contributed by atoms with Crippen LogP contribution in [-0.4, -0.2) is 11.6 Å². The summed E-state index contributed by atoms with van der Waals surface area (Å²) in [7, 11) is 0. The summed E-state index contributed by atoms with van der Waals surface area (Å²) in [6.07, 6.45) is 0. The Labute approximate surface area is 128 Å². The monoisotopic (exact) mass is 297 g/mol. The summed E-state index contributed by atoms with van der Waals surface area (Å²) in [5.41, 5.74) is 4.89. The molecule has 1 aliphatic rings. The maximum atomic E-state index is 7.27. The molecule has 1 aromatic heterocycles. The van der Waals surface area contributed by atoms with Crippen LogP contribution in [0.1, 0.15) is 18.1 Å². The molecule has 21 heavy (non-hydrogen) atoms. The Hall–Kier alpha value is -2.19. The minimum Gasteiger partial charge on any atom is -0.487 e. The van der Waals surface area contributed by atoms with Crippen molar-refractivity contribution in [2.24, 2.45) is 0 Å². The minimum atomic E-state index is 0.410. The van der Waals surface area contributed by atoms with Crippen LogP contribution in [0.2, 0.25) is 0 Å². The second kappa shape index (κ2) is 5.30. The molecule has 1 N–H and O–H groups in total. The lowest BCUT2D eigenvalue weighted by atomic mass is 10.1. The number of fused-ring (bicyclic) bond motifs is 2. The molecule has 0 bridgehead atoms. The van der Waals surface area contributed by atoms with Gasteiger partial charge in [-0.05, 0) is 44.0 Å². The van der Waals surface area contributed by atoms with Gasteiger partial charge in [-0.1, -0.05) is 17.8 Å². The molecule has 0 spiro atoms. The second-order valence-corrected chi connectivity index (χ2v) is 5.85. The standard InChI is InChI=1S/C16H15N3OS/c1-5-20-15-11(17-4)8-12-16(19-15)21-13-7-6-9(2)10(3)14(13)18-12/h6-8,18H,5H2,1-3H3. The zero-order valence-corrected chi connectivity index (χ0v) is 13.0. The molecule has 2 heterocycles. The first kappa shape index (κ1) is 13.8. The first-order chi connectivity index (χ1) is 10.1. The molecular formula is C16H15N3OS. The normalized spacial score (nSPS) is 11.9. The summed E-state index contributed by atoms with van der Waals surface area (Å²) in [6, 6.07) is 6.03. The SMILES string of the molecule is [C-]#[N+]c1cc2c(nc1OCC)Sc1ccc(C)c(C)c1N2. The van der Waals surface area contributed by atoms with Gasteiger partial charge < -0.3 is 10.1 Å². The van der Waals surface area contributed by atoms with Crippen molar-refractivity contribution in [3.63, 3.8) is 0 Å². The van der Waals surface area contributed by atoms with E-state index in [1.165, 1.54) is 11.1 Å². The van der Waals surface area contributed by atoms with Gasteiger partial charge in [0.25, 0.3) is 0 Å². The van der Waals surface area contributed by atoms with Crippen molar-refractivity contribution in [3.8, 4) is 5.88 Å². The number of hydrogen-bond acceptors (Lipinski definition) is 4. The Morgan fingerprint density at radius 1 is 1.38 bits per heavy atom. The van der Waals surface area contributed by atoms with Crippen LogP contribution in [0.5, 0.6) is 5.88 Å². The molecule has 0 saturated carbocycles. The second-order valence-electron chi connectivity index (χ2n) is 4.82. The van der Waals surface area contributed by atoms with Gasteiger partial charge >= 0.3 is 0 Å². The lowest BCUT2D eigenvalue weighted by molar-refractivity contribution is 0.327. The van der Waals surface area contributed by atoms with Gasteiger partial charge in [-0.15, -0.1) is 0 Å². The van der Waals surface area contributed by atoms with Gasteiger partial charge in [0.1, 0.15) is 5.03 Å². The van der Waals surface area contributed by atoms with Gasteiger partial charge in [-0.25, -0.2) is 9.83 Å². The van der Waals surface area contributed by atoms with Crippen LogP contribution < -0.4 is 10.1 Å². The zero-order chi connectivity index (χ0) is 15.0. The predicted octanol–water partition coefficient (Wildman–Crippen LogP) is 4.86. The number of aromatic nitrogens is 1. The number of nitrogens with zero attached hydrogens (tertiary/aromatic N) is 2. The van der Waals surface area contributed by atoms with Crippen molar-refractivity contribution in [1.29, 1.82) is 0 Å². The fraction of sp³-hybridized carbons (Fsp3) is 0.250. The third-order valence-corrected chi connectivity index (χ3v) is 4.56. The average Bonchev–Trinajstić information content (AvgIpc) is 2.49. The van der Waals surface area contributed by atoms with E-state index in [1.807, 2.05) is 13.0 Å². The molecule has 3 rings (SSSR count). The average molecular weight is 297 g/mol. The fourth-order valence-electron chi connectivity index (χ4n) is 2.23. The molecule has 0 atom stereocenters. The van der Waals surface area contributed by atoms with Crippen LogP contribution in [0.4, 0.5) is 17.1 Å². The molecule has 2 aromatic rings. The van der Waals surface area contributed by atoms with Crippen molar-refractivity contribution in [3.05, 3.63) is 40.7 Å². The number of anilines is 2. The first-order valence-electron chi connectivity index (χ1n) is 6.74. The van der Waals surface area contributed by atoms with Gasteiger partial charge in [-0.2, -0.15) is 0 Å². The number of hydrogen-bond donors (Lipinski definition) is 1. The van der Waals surface area contributed by atoms with Gasteiger partial charge in [-0.3, -0.25) is 0 Å². The Morgan fingerprint density at radius 3 is 2.90 bits per heavy atom. The summed E-state index contributed by atoms with van der Waals surface area (Å²) in [6.45, 7) is 13.9. The van der Waals surface area contributed by atoms with Crippen LogP contribution in [0, 0.1) is 20.4 Å². The summed E-state index contributed by atoms with van der Waals surface area (Å²) in [5.74, 6) is 0.410. The molecule has 1 aromatic carbocycles.